The maximum atomic E-state index is 4.88. The van der Waals surface area contributed by atoms with Gasteiger partial charge in [0.1, 0.15) is 5.82 Å². The van der Waals surface area contributed by atoms with Crippen molar-refractivity contribution >= 4 is 11.5 Å². The summed E-state index contributed by atoms with van der Waals surface area (Å²) < 4.78 is 4.03. The monoisotopic (exact) mass is 380 g/mol. The Morgan fingerprint density at radius 1 is 1.00 bits per heavy atom. The number of hydrogen-bond donors (Lipinski definition) is 0. The second kappa shape index (κ2) is 7.50. The topological polar surface area (TPSA) is 67.4 Å². The van der Waals surface area contributed by atoms with Gasteiger partial charge in [-0.05, 0) is 63.4 Å². The summed E-state index contributed by atoms with van der Waals surface area (Å²) in [6, 6.07) is 4.14. The molecule has 3 aromatic heterocycles. The zero-order valence-electron chi connectivity index (χ0n) is 16.5. The number of hydrogen-bond acceptors (Lipinski definition) is 6. The minimum atomic E-state index is 0.430. The Bertz CT molecular complexity index is 931. The summed E-state index contributed by atoms with van der Waals surface area (Å²) in [4.78, 5) is 4.89. The zero-order valence-corrected chi connectivity index (χ0v) is 16.5. The van der Waals surface area contributed by atoms with Crippen LogP contribution in [0, 0.1) is 6.92 Å². The Labute approximate surface area is 165 Å². The molecule has 2 aliphatic heterocycles. The van der Waals surface area contributed by atoms with E-state index in [0.717, 1.165) is 69.4 Å². The molecule has 0 aromatic carbocycles. The number of aromatic nitrogens is 6. The van der Waals surface area contributed by atoms with Crippen LogP contribution in [0.15, 0.2) is 24.5 Å². The quantitative estimate of drug-likeness (QED) is 0.675. The van der Waals surface area contributed by atoms with Gasteiger partial charge >= 0.3 is 0 Å². The van der Waals surface area contributed by atoms with Crippen LogP contribution in [0.4, 0.5) is 5.82 Å². The van der Waals surface area contributed by atoms with Crippen LogP contribution in [0.5, 0.6) is 0 Å². The molecule has 2 saturated heterocycles. The van der Waals surface area contributed by atoms with Crippen LogP contribution < -0.4 is 4.90 Å². The highest BCUT2D eigenvalue weighted by Gasteiger charge is 2.25. The van der Waals surface area contributed by atoms with Crippen molar-refractivity contribution in [3.05, 3.63) is 35.9 Å². The molecule has 0 spiro atoms. The first-order valence-corrected chi connectivity index (χ1v) is 10.4. The Kier molecular flexibility index (Phi) is 4.72. The van der Waals surface area contributed by atoms with Crippen molar-refractivity contribution in [2.45, 2.75) is 45.1 Å². The third-order valence-electron chi connectivity index (χ3n) is 6.06. The van der Waals surface area contributed by atoms with Gasteiger partial charge < -0.3 is 9.80 Å². The first kappa shape index (κ1) is 17.6. The zero-order chi connectivity index (χ0) is 18.9. The van der Waals surface area contributed by atoms with Gasteiger partial charge in [0.15, 0.2) is 11.5 Å². The molecule has 0 atom stereocenters. The largest absolute Gasteiger partial charge is 0.355 e. The van der Waals surface area contributed by atoms with E-state index < -0.39 is 0 Å². The van der Waals surface area contributed by atoms with E-state index in [4.69, 9.17) is 5.10 Å². The highest BCUT2D eigenvalue weighted by molar-refractivity contribution is 5.46. The standard InChI is InChI=1S/C20H28N8/c1-16-14-21-27(15-16)13-12-25-10-6-17(7-11-25)20-23-22-18-4-5-19(24-28(18)20)26-8-2-3-9-26/h4-5,14-15,17H,2-3,6-13H2,1H3. The maximum Gasteiger partial charge on any atom is 0.178 e. The van der Waals surface area contributed by atoms with Crippen molar-refractivity contribution < 1.29 is 0 Å². The van der Waals surface area contributed by atoms with Crippen LogP contribution in [-0.4, -0.2) is 67.2 Å². The van der Waals surface area contributed by atoms with Crippen LogP contribution in [0.1, 0.15) is 43.0 Å². The van der Waals surface area contributed by atoms with Crippen LogP contribution in [0.25, 0.3) is 5.65 Å². The van der Waals surface area contributed by atoms with Crippen molar-refractivity contribution in [2.75, 3.05) is 37.6 Å². The number of anilines is 1. The smallest absolute Gasteiger partial charge is 0.178 e. The normalized spacial score (nSPS) is 19.1. The molecule has 8 nitrogen and oxygen atoms in total. The maximum absolute atomic E-state index is 4.88. The number of likely N-dealkylation sites (tertiary alicyclic amines) is 1. The summed E-state index contributed by atoms with van der Waals surface area (Å²) >= 11 is 0. The van der Waals surface area contributed by atoms with E-state index in [1.54, 1.807) is 0 Å². The SMILES string of the molecule is Cc1cnn(CCN2CCC(c3nnc4ccc(N5CCCC5)nn34)CC2)c1. The fourth-order valence-electron chi connectivity index (χ4n) is 4.41. The fraction of sp³-hybridized carbons (Fsp3) is 0.600. The van der Waals surface area contributed by atoms with E-state index in [2.05, 4.69) is 50.3 Å². The number of fused-ring (bicyclic) bond motifs is 1. The number of nitrogens with zero attached hydrogens (tertiary/aromatic N) is 8. The predicted molar refractivity (Wildman–Crippen MR) is 108 cm³/mol. The fourth-order valence-corrected chi connectivity index (χ4v) is 4.41. The van der Waals surface area contributed by atoms with Crippen LogP contribution in [0.3, 0.4) is 0 Å². The molecule has 0 radical (unpaired) electrons. The molecule has 148 valence electrons. The summed E-state index contributed by atoms with van der Waals surface area (Å²) in [7, 11) is 0. The molecule has 3 aromatic rings. The molecule has 0 saturated carbocycles. The van der Waals surface area contributed by atoms with Gasteiger partial charge in [-0.1, -0.05) is 0 Å². The minimum Gasteiger partial charge on any atom is -0.355 e. The number of piperidine rings is 1. The van der Waals surface area contributed by atoms with E-state index in [-0.39, 0.29) is 0 Å². The second-order valence-electron chi connectivity index (χ2n) is 8.11. The van der Waals surface area contributed by atoms with Crippen molar-refractivity contribution in [1.29, 1.82) is 0 Å². The van der Waals surface area contributed by atoms with Crippen LogP contribution in [-0.2, 0) is 6.54 Å². The number of aryl methyl sites for hydroxylation is 1. The van der Waals surface area contributed by atoms with Gasteiger partial charge in [0.2, 0.25) is 0 Å². The first-order valence-electron chi connectivity index (χ1n) is 10.4. The van der Waals surface area contributed by atoms with Gasteiger partial charge in [0.05, 0.1) is 12.7 Å². The van der Waals surface area contributed by atoms with Gasteiger partial charge in [-0.15, -0.1) is 15.3 Å². The van der Waals surface area contributed by atoms with Crippen LogP contribution >= 0.6 is 0 Å². The van der Waals surface area contributed by atoms with Crippen molar-refractivity contribution in [3.8, 4) is 0 Å². The Morgan fingerprint density at radius 2 is 1.82 bits per heavy atom. The lowest BCUT2D eigenvalue weighted by Crippen LogP contribution is -2.35. The van der Waals surface area contributed by atoms with Gasteiger partial charge in [-0.25, -0.2) is 0 Å². The highest BCUT2D eigenvalue weighted by atomic mass is 15.4. The second-order valence-corrected chi connectivity index (χ2v) is 8.11. The summed E-state index contributed by atoms with van der Waals surface area (Å²) in [5.74, 6) is 2.51. The third kappa shape index (κ3) is 3.48. The Balaban J connectivity index is 1.24. The molecule has 0 N–H and O–H groups in total. The first-order chi connectivity index (χ1) is 13.8. The van der Waals surface area contributed by atoms with E-state index in [0.29, 0.717) is 5.92 Å². The molecule has 5 heterocycles. The molecular formula is C20H28N8. The molecule has 0 unspecified atom stereocenters. The minimum absolute atomic E-state index is 0.430. The summed E-state index contributed by atoms with van der Waals surface area (Å²) in [5, 5.41) is 18.1. The lowest BCUT2D eigenvalue weighted by Gasteiger charge is -2.30. The molecule has 0 aliphatic carbocycles. The molecule has 8 heteroatoms. The predicted octanol–water partition coefficient (Wildman–Crippen LogP) is 2.11. The van der Waals surface area contributed by atoms with Gasteiger partial charge in [0, 0.05) is 31.7 Å². The highest BCUT2D eigenvalue weighted by Crippen LogP contribution is 2.27. The van der Waals surface area contributed by atoms with Gasteiger partial charge in [-0.3, -0.25) is 4.68 Å². The van der Waals surface area contributed by atoms with E-state index in [1.165, 1.54) is 18.4 Å². The lowest BCUT2D eigenvalue weighted by molar-refractivity contribution is 0.199. The molecule has 0 bridgehead atoms. The summed E-state index contributed by atoms with van der Waals surface area (Å²) in [6.07, 6.45) is 8.75. The average molecular weight is 381 g/mol. The van der Waals surface area contributed by atoms with Gasteiger partial charge in [0.25, 0.3) is 0 Å². The van der Waals surface area contributed by atoms with E-state index in [9.17, 15) is 0 Å². The molecule has 5 rings (SSSR count). The molecule has 28 heavy (non-hydrogen) atoms. The van der Waals surface area contributed by atoms with Crippen LogP contribution in [0.2, 0.25) is 0 Å². The third-order valence-corrected chi connectivity index (χ3v) is 6.06. The summed E-state index contributed by atoms with van der Waals surface area (Å²) in [6.45, 7) is 8.46. The van der Waals surface area contributed by atoms with Crippen molar-refractivity contribution in [2.24, 2.45) is 0 Å². The summed E-state index contributed by atoms with van der Waals surface area (Å²) in [5.41, 5.74) is 2.08. The average Bonchev–Trinajstić information content (AvgIpc) is 3.47. The Morgan fingerprint density at radius 3 is 2.57 bits per heavy atom. The van der Waals surface area contributed by atoms with Crippen molar-refractivity contribution in [3.63, 3.8) is 0 Å². The molecule has 2 aliphatic rings. The van der Waals surface area contributed by atoms with E-state index >= 15 is 0 Å². The lowest BCUT2D eigenvalue weighted by atomic mass is 9.96. The number of rotatable bonds is 5. The van der Waals surface area contributed by atoms with E-state index in [1.807, 2.05) is 15.4 Å². The molecule has 2 fully saturated rings. The molecular weight excluding hydrogens is 352 g/mol. The Hall–Kier alpha value is -2.48. The van der Waals surface area contributed by atoms with Crippen molar-refractivity contribution in [1.82, 2.24) is 34.5 Å². The molecule has 0 amide bonds. The van der Waals surface area contributed by atoms with Gasteiger partial charge in [-0.2, -0.15) is 9.61 Å².